The van der Waals surface area contributed by atoms with Crippen LogP contribution in [-0.4, -0.2) is 38.7 Å². The molecule has 36 heavy (non-hydrogen) atoms. The molecule has 1 aliphatic rings. The van der Waals surface area contributed by atoms with Crippen molar-refractivity contribution in [3.8, 4) is 0 Å². The van der Waals surface area contributed by atoms with E-state index in [9.17, 15) is 35.2 Å². The lowest BCUT2D eigenvalue weighted by Crippen LogP contribution is -2.31. The topological polar surface area (TPSA) is 91.4 Å². The summed E-state index contributed by atoms with van der Waals surface area (Å²) in [4.78, 5) is 18.4. The number of piperidine rings is 1. The van der Waals surface area contributed by atoms with Crippen molar-refractivity contribution in [2.45, 2.75) is 38.4 Å². The van der Waals surface area contributed by atoms with Gasteiger partial charge in [0, 0.05) is 30.9 Å². The summed E-state index contributed by atoms with van der Waals surface area (Å²) in [5.74, 6) is -3.06. The van der Waals surface area contributed by atoms with E-state index >= 15 is 0 Å². The Labute approximate surface area is 205 Å². The van der Waals surface area contributed by atoms with Crippen molar-refractivity contribution < 1.29 is 35.2 Å². The van der Waals surface area contributed by atoms with E-state index in [0.717, 1.165) is 62.1 Å². The van der Waals surface area contributed by atoms with Gasteiger partial charge in [0.2, 0.25) is 15.9 Å². The lowest BCUT2D eigenvalue weighted by atomic mass is 10.0. The van der Waals surface area contributed by atoms with Crippen LogP contribution < -0.4 is 14.9 Å². The highest BCUT2D eigenvalue weighted by atomic mass is 32.2. The molecule has 2 heterocycles. The zero-order valence-electron chi connectivity index (χ0n) is 19.5. The van der Waals surface area contributed by atoms with Gasteiger partial charge in [0.05, 0.1) is 17.9 Å². The minimum atomic E-state index is -4.67. The number of alkyl halides is 3. The van der Waals surface area contributed by atoms with Gasteiger partial charge in [-0.15, -0.1) is 0 Å². The molecule has 1 atom stereocenters. The van der Waals surface area contributed by atoms with Crippen LogP contribution >= 0.6 is 0 Å². The predicted octanol–water partition coefficient (Wildman–Crippen LogP) is 4.63. The van der Waals surface area contributed by atoms with E-state index in [1.807, 2.05) is 0 Å². The van der Waals surface area contributed by atoms with Gasteiger partial charge >= 0.3 is 6.18 Å². The number of hydrogen-bond donors (Lipinski definition) is 2. The summed E-state index contributed by atoms with van der Waals surface area (Å²) >= 11 is 0. The van der Waals surface area contributed by atoms with Gasteiger partial charge in [-0.1, -0.05) is 0 Å². The quantitative estimate of drug-likeness (QED) is 0.401. The van der Waals surface area contributed by atoms with Crippen LogP contribution in [0.3, 0.4) is 0 Å². The fourth-order valence-electron chi connectivity index (χ4n) is 3.86. The fraction of sp³-hybridized carbons (Fsp3) is 0.391. The first-order chi connectivity index (χ1) is 16.8. The van der Waals surface area contributed by atoms with Crippen molar-refractivity contribution in [2.75, 3.05) is 29.0 Å². The molecule has 0 aliphatic carbocycles. The zero-order valence-corrected chi connectivity index (χ0v) is 20.3. The third-order valence-corrected chi connectivity index (χ3v) is 6.12. The Balaban J connectivity index is 1.83. The van der Waals surface area contributed by atoms with Gasteiger partial charge in [0.15, 0.2) is 11.6 Å². The number of nitrogens with zero attached hydrogens (tertiary/aromatic N) is 2. The second kappa shape index (κ2) is 10.8. The van der Waals surface area contributed by atoms with Gasteiger partial charge in [-0.25, -0.2) is 22.2 Å². The maximum atomic E-state index is 14.3. The maximum Gasteiger partial charge on any atom is 0.417 e. The number of anilines is 2. The SMILES string of the molecule is C[C@@H](NC(=O)C=Cc1c(C(F)(F)F)ccnc1N1CCCCC1)c1cc(F)c(NS(C)(=O)=O)c(F)c1. The van der Waals surface area contributed by atoms with Gasteiger partial charge in [-0.2, -0.15) is 13.2 Å². The van der Waals surface area contributed by atoms with Gasteiger partial charge < -0.3 is 10.2 Å². The highest BCUT2D eigenvalue weighted by Gasteiger charge is 2.35. The first-order valence-corrected chi connectivity index (χ1v) is 12.9. The lowest BCUT2D eigenvalue weighted by Gasteiger charge is -2.29. The Kier molecular flexibility index (Phi) is 8.22. The van der Waals surface area contributed by atoms with E-state index in [2.05, 4.69) is 10.3 Å². The first-order valence-electron chi connectivity index (χ1n) is 11.0. The molecule has 13 heteroatoms. The molecule has 0 bridgehead atoms. The molecule has 1 aromatic carbocycles. The van der Waals surface area contributed by atoms with Crippen molar-refractivity contribution in [1.29, 1.82) is 0 Å². The molecular formula is C23H25F5N4O3S. The number of hydrogen-bond acceptors (Lipinski definition) is 5. The molecule has 0 saturated carbocycles. The Morgan fingerprint density at radius 3 is 2.31 bits per heavy atom. The molecular weight excluding hydrogens is 507 g/mol. The highest BCUT2D eigenvalue weighted by molar-refractivity contribution is 7.92. The molecule has 1 fully saturated rings. The van der Waals surface area contributed by atoms with Crippen molar-refractivity contribution in [3.05, 3.63) is 58.8 Å². The number of rotatable bonds is 7. The molecule has 0 radical (unpaired) electrons. The Bertz CT molecular complexity index is 1240. The van der Waals surface area contributed by atoms with Gasteiger partial charge in [-0.3, -0.25) is 9.52 Å². The van der Waals surface area contributed by atoms with E-state index in [1.165, 1.54) is 6.92 Å². The van der Waals surface area contributed by atoms with Crippen LogP contribution in [-0.2, 0) is 21.0 Å². The maximum absolute atomic E-state index is 14.3. The molecule has 1 aromatic heterocycles. The van der Waals surface area contributed by atoms with E-state index in [4.69, 9.17) is 0 Å². The Morgan fingerprint density at radius 2 is 1.75 bits per heavy atom. The first kappa shape index (κ1) is 27.4. The minimum absolute atomic E-state index is 0.0165. The van der Waals surface area contributed by atoms with Crippen LogP contribution in [0.1, 0.15) is 48.9 Å². The smallest absolute Gasteiger partial charge is 0.356 e. The molecule has 1 aliphatic heterocycles. The second-order valence-corrected chi connectivity index (χ2v) is 10.2. The number of carbonyl (C=O) groups excluding carboxylic acids is 1. The number of nitrogens with one attached hydrogen (secondary N) is 2. The number of amides is 1. The molecule has 2 N–H and O–H groups in total. The molecule has 1 saturated heterocycles. The largest absolute Gasteiger partial charge is 0.417 e. The predicted molar refractivity (Wildman–Crippen MR) is 126 cm³/mol. The van der Waals surface area contributed by atoms with Gasteiger partial charge in [-0.05, 0) is 56.0 Å². The molecule has 2 aromatic rings. The van der Waals surface area contributed by atoms with Crippen LogP contribution in [0.2, 0.25) is 0 Å². The van der Waals surface area contributed by atoms with Gasteiger partial charge in [0.25, 0.3) is 0 Å². The summed E-state index contributed by atoms with van der Waals surface area (Å²) in [6.07, 6.45) is 1.66. The van der Waals surface area contributed by atoms with Crippen molar-refractivity contribution in [1.82, 2.24) is 10.3 Å². The second-order valence-electron chi connectivity index (χ2n) is 8.44. The molecule has 0 unspecified atom stereocenters. The van der Waals surface area contributed by atoms with E-state index < -0.39 is 51.0 Å². The zero-order chi connectivity index (χ0) is 26.7. The minimum Gasteiger partial charge on any atom is -0.356 e. The molecule has 0 spiro atoms. The fourth-order valence-corrected chi connectivity index (χ4v) is 4.43. The molecule has 7 nitrogen and oxygen atoms in total. The Hall–Kier alpha value is -3.22. The highest BCUT2D eigenvalue weighted by Crippen LogP contribution is 2.36. The standard InChI is InChI=1S/C23H25F5N4O3S/c1-14(15-12-18(24)21(19(25)13-15)31-36(2,34)35)30-20(33)7-6-16-17(23(26,27)28)8-9-29-22(16)32-10-4-3-5-11-32/h6-9,12-14,31H,3-5,10-11H2,1-2H3,(H,30,33)/t14-/m1/s1. The average molecular weight is 533 g/mol. The molecule has 196 valence electrons. The summed E-state index contributed by atoms with van der Waals surface area (Å²) in [7, 11) is -3.93. The Morgan fingerprint density at radius 1 is 1.14 bits per heavy atom. The van der Waals surface area contributed by atoms with Crippen LogP contribution in [0.5, 0.6) is 0 Å². The summed E-state index contributed by atoms with van der Waals surface area (Å²) in [5.41, 5.74) is -2.06. The molecule has 3 rings (SSSR count). The average Bonchev–Trinajstić information content (AvgIpc) is 2.79. The van der Waals surface area contributed by atoms with Crippen molar-refractivity contribution >= 4 is 33.5 Å². The monoisotopic (exact) mass is 532 g/mol. The van der Waals surface area contributed by atoms with Crippen molar-refractivity contribution in [2.24, 2.45) is 0 Å². The summed E-state index contributed by atoms with van der Waals surface area (Å²) in [5, 5.41) is 2.43. The normalized spacial score (nSPS) is 15.7. The van der Waals surface area contributed by atoms with Crippen LogP contribution in [0.15, 0.2) is 30.5 Å². The third kappa shape index (κ3) is 6.93. The summed E-state index contributed by atoms with van der Waals surface area (Å²) < 4.78 is 93.9. The summed E-state index contributed by atoms with van der Waals surface area (Å²) in [6.45, 7) is 2.49. The number of sulfonamides is 1. The van der Waals surface area contributed by atoms with E-state index in [-0.39, 0.29) is 16.9 Å². The number of halogens is 5. The molecule has 1 amide bonds. The van der Waals surface area contributed by atoms with Crippen LogP contribution in [0.4, 0.5) is 33.5 Å². The van der Waals surface area contributed by atoms with Crippen LogP contribution in [0, 0.1) is 11.6 Å². The third-order valence-electron chi connectivity index (χ3n) is 5.54. The lowest BCUT2D eigenvalue weighted by molar-refractivity contribution is -0.137. The number of carbonyl (C=O) groups is 1. The van der Waals surface area contributed by atoms with E-state index in [1.54, 1.807) is 9.62 Å². The summed E-state index contributed by atoms with van der Waals surface area (Å²) in [6, 6.07) is 1.59. The van der Waals surface area contributed by atoms with Crippen molar-refractivity contribution in [3.63, 3.8) is 0 Å². The van der Waals surface area contributed by atoms with E-state index in [0.29, 0.717) is 13.1 Å². The number of pyridine rings is 1. The van der Waals surface area contributed by atoms with Gasteiger partial charge in [0.1, 0.15) is 11.5 Å². The number of benzene rings is 1. The van der Waals surface area contributed by atoms with Crippen LogP contribution in [0.25, 0.3) is 6.08 Å². The number of aromatic nitrogens is 1.